The van der Waals surface area contributed by atoms with Gasteiger partial charge in [0.2, 0.25) is 18.0 Å². The molecule has 6 rings (SSSR count). The molecule has 5 aromatic carbocycles. The first kappa shape index (κ1) is 58.9. The lowest BCUT2D eigenvalue weighted by molar-refractivity contribution is -0.690. The molecule has 3 nitrogen and oxygen atoms in total. The minimum absolute atomic E-state index is 0.0945. The number of rotatable bonds is 9. The first-order chi connectivity index (χ1) is 34.1. The lowest BCUT2D eigenvalue weighted by Crippen LogP contribution is -2.75. The monoisotopic (exact) mass is 1100 g/mol. The zero-order chi connectivity index (χ0) is 56.7. The molecule has 0 bridgehead atoms. The Bertz CT molecular complexity index is 2600. The van der Waals surface area contributed by atoms with Crippen molar-refractivity contribution in [2.45, 2.75) is 62.4 Å². The number of aromatic nitrogens is 2. The Morgan fingerprint density at radius 3 is 0.947 bits per heavy atom. The summed E-state index contributed by atoms with van der Waals surface area (Å²) in [6, 6.07) is 0.493. The number of carbonyl (C=O) groups excluding carboxylic acids is 1. The first-order valence-corrected chi connectivity index (χ1v) is 20.4. The molecule has 1 aromatic heterocycles. The molecule has 0 unspecified atom stereocenters. The molecule has 0 saturated carbocycles. The molecule has 0 spiro atoms. The molecule has 402 valence electrons. The average Bonchev–Trinajstić information content (AvgIpc) is 3.28. The van der Waals surface area contributed by atoms with Gasteiger partial charge in [-0.25, -0.2) is 0 Å². The molecular weight excluding hydrogens is 1080 g/mol. The normalized spacial score (nSPS) is 13.3. The van der Waals surface area contributed by atoms with E-state index in [0.717, 1.165) is 11.3 Å². The molecule has 28 heteroatoms. The zero-order valence-electron chi connectivity index (χ0n) is 36.7. The molecule has 75 heavy (non-hydrogen) atoms. The van der Waals surface area contributed by atoms with Crippen LogP contribution in [0.15, 0.2) is 134 Å². The zero-order valence-corrected chi connectivity index (χ0v) is 36.7. The minimum Gasteiger partial charge on any atom is -0.287 e. The van der Waals surface area contributed by atoms with Crippen LogP contribution in [0.1, 0.15) is 60.6 Å². The number of hydrogen-bond acceptors (Lipinski definition) is 2. The van der Waals surface area contributed by atoms with Crippen molar-refractivity contribution < 1.29 is 115 Å². The Balaban J connectivity index is 0.000000483. The molecule has 0 aliphatic heterocycles. The molecule has 0 atom stereocenters. The van der Waals surface area contributed by atoms with Gasteiger partial charge in [0.25, 0.3) is 0 Å². The predicted octanol–water partition coefficient (Wildman–Crippen LogP) is 13.2. The molecule has 0 N–H and O–H groups in total. The summed E-state index contributed by atoms with van der Waals surface area (Å²) >= 11 is 0. The molecule has 6 aromatic rings. The van der Waals surface area contributed by atoms with Crippen molar-refractivity contribution in [1.82, 2.24) is 4.98 Å². The topological polar surface area (TPSA) is 33.8 Å². The number of carbonyl (C=O) groups is 1. The van der Waals surface area contributed by atoms with E-state index in [1.54, 1.807) is 18.5 Å². The van der Waals surface area contributed by atoms with Gasteiger partial charge < -0.3 is 0 Å². The Kier molecular flexibility index (Phi) is 16.2. The summed E-state index contributed by atoms with van der Waals surface area (Å²) in [7, 11) is 0. The summed E-state index contributed by atoms with van der Waals surface area (Å²) in [6.07, 6.45) is -47.0. The number of halogens is 24. The largest absolute Gasteiger partial charge is 0.416 e. The number of alkyl halides is 24. The van der Waals surface area contributed by atoms with Crippen LogP contribution in [0.2, 0.25) is 0 Å². The van der Waals surface area contributed by atoms with Crippen molar-refractivity contribution in [1.29, 1.82) is 0 Å². The van der Waals surface area contributed by atoms with Crippen molar-refractivity contribution in [3.05, 3.63) is 190 Å². The summed E-state index contributed by atoms with van der Waals surface area (Å²) < 4.78 is 343. The Morgan fingerprint density at radius 1 is 0.440 bits per heavy atom. The van der Waals surface area contributed by atoms with Gasteiger partial charge in [-0.1, -0.05) is 84.9 Å². The lowest BCUT2D eigenvalue weighted by Gasteiger charge is -2.46. The molecular formula is C47H27BF24N2O. The molecule has 0 aliphatic carbocycles. The number of hydrogen-bond donors (Lipinski definition) is 0. The smallest absolute Gasteiger partial charge is 0.287 e. The summed E-state index contributed by atoms with van der Waals surface area (Å²) in [6.45, 7) is 4.04. The van der Waals surface area contributed by atoms with E-state index in [1.165, 1.54) is 0 Å². The highest BCUT2D eigenvalue weighted by atomic mass is 19.4. The van der Waals surface area contributed by atoms with Crippen molar-refractivity contribution in [3.63, 3.8) is 0 Å². The van der Waals surface area contributed by atoms with Gasteiger partial charge in [-0.05, 0) is 24.3 Å². The Labute approximate surface area is 405 Å². The fourth-order valence-electron chi connectivity index (χ4n) is 7.83. The second-order valence-corrected chi connectivity index (χ2v) is 16.2. The third-order valence-electron chi connectivity index (χ3n) is 11.1. The van der Waals surface area contributed by atoms with E-state index in [0.29, 0.717) is 13.0 Å². The maximum atomic E-state index is 14.2. The van der Waals surface area contributed by atoms with E-state index < -0.39 is 195 Å². The van der Waals surface area contributed by atoms with E-state index in [4.69, 9.17) is 0 Å². The lowest BCUT2D eigenvalue weighted by atomic mass is 9.12. The molecule has 0 saturated heterocycles. The standard InChI is InChI=1S/C32H12BF24.C15H15N2O/c34-25(35,36)13-1-14(26(37,38)39)6-21(5-13)33(22-7-15(27(40,41)42)2-16(8-22)28(43,44)45,23-9-17(29(46,47)48)3-18(10-23)30(49,50)51)24-11-19(31(52,53)54)4-20(12-24)32(55,56)57;1-2-6-14-11-16-9-10-17(14)12-15(18)13-7-4-3-5-8-13/h1-12H;2-5,7-11H,1,6,12H2/q-1;+1. The van der Waals surface area contributed by atoms with E-state index >= 15 is 0 Å². The van der Waals surface area contributed by atoms with Crippen molar-refractivity contribution >= 4 is 33.8 Å². The van der Waals surface area contributed by atoms with Crippen molar-refractivity contribution in [2.24, 2.45) is 0 Å². The van der Waals surface area contributed by atoms with Gasteiger partial charge in [0.1, 0.15) is 6.15 Å². The Hall–Kier alpha value is -7.03. The summed E-state index contributed by atoms with van der Waals surface area (Å²) in [5.74, 6) is 0.0945. The minimum atomic E-state index is -6.13. The van der Waals surface area contributed by atoms with Gasteiger partial charge in [0, 0.05) is 5.56 Å². The quantitative estimate of drug-likeness (QED) is 0.0475. The van der Waals surface area contributed by atoms with E-state index in [-0.39, 0.29) is 5.78 Å². The van der Waals surface area contributed by atoms with Gasteiger partial charge in [-0.15, -0.1) is 6.58 Å². The Morgan fingerprint density at radius 2 is 0.707 bits per heavy atom. The number of nitrogens with zero attached hydrogens (tertiary/aromatic N) is 2. The average molecular weight is 1100 g/mol. The van der Waals surface area contributed by atoms with Crippen LogP contribution >= 0.6 is 0 Å². The third-order valence-corrected chi connectivity index (χ3v) is 11.1. The SMILES string of the molecule is C=CCc1cncc[n+]1CC(=O)c1ccccc1.FC(F)(F)c1cc([B-](c2cc(C(F)(F)F)cc(C(F)(F)F)c2)(c2cc(C(F)(F)F)cc(C(F)(F)F)c2)c2cc(C(F)(F)F)cc(C(F)(F)F)c2)cc(C(F)(F)F)c1. The molecule has 0 amide bonds. The summed E-state index contributed by atoms with van der Waals surface area (Å²) in [4.78, 5) is 16.2. The van der Waals surface area contributed by atoms with Crippen LogP contribution in [-0.2, 0) is 62.4 Å². The van der Waals surface area contributed by atoms with Gasteiger partial charge in [0.15, 0.2) is 6.20 Å². The van der Waals surface area contributed by atoms with E-state index in [9.17, 15) is 110 Å². The predicted molar refractivity (Wildman–Crippen MR) is 219 cm³/mol. The second kappa shape index (κ2) is 20.6. The van der Waals surface area contributed by atoms with Gasteiger partial charge >= 0.3 is 49.4 Å². The number of allylic oxidation sites excluding steroid dienone is 1. The maximum absolute atomic E-state index is 14.2. The number of benzene rings is 5. The highest BCUT2D eigenvalue weighted by Gasteiger charge is 2.47. The van der Waals surface area contributed by atoms with Crippen LogP contribution in [0.25, 0.3) is 0 Å². The van der Waals surface area contributed by atoms with Crippen molar-refractivity contribution in [3.8, 4) is 0 Å². The highest BCUT2D eigenvalue weighted by Crippen LogP contribution is 2.41. The fraction of sp³-hybridized carbons (Fsp3) is 0.213. The first-order valence-electron chi connectivity index (χ1n) is 20.4. The molecule has 0 aliphatic rings. The van der Waals surface area contributed by atoms with Crippen LogP contribution in [0, 0.1) is 0 Å². The van der Waals surface area contributed by atoms with Gasteiger partial charge in [-0.3, -0.25) is 9.78 Å². The fourth-order valence-corrected chi connectivity index (χ4v) is 7.83. The van der Waals surface area contributed by atoms with E-state index in [2.05, 4.69) is 11.6 Å². The van der Waals surface area contributed by atoms with Crippen LogP contribution < -0.4 is 26.4 Å². The van der Waals surface area contributed by atoms with Crippen LogP contribution in [0.3, 0.4) is 0 Å². The highest BCUT2D eigenvalue weighted by molar-refractivity contribution is 7.20. The number of ketones is 1. The van der Waals surface area contributed by atoms with Gasteiger partial charge in [-0.2, -0.15) is 132 Å². The van der Waals surface area contributed by atoms with Gasteiger partial charge in [0.05, 0.1) is 63.3 Å². The molecule has 0 radical (unpaired) electrons. The molecule has 0 fully saturated rings. The van der Waals surface area contributed by atoms with Crippen LogP contribution in [0.4, 0.5) is 105 Å². The van der Waals surface area contributed by atoms with Crippen LogP contribution in [0.5, 0.6) is 0 Å². The number of Topliss-reactive ketones (excluding diaryl/α,β-unsaturated/α-hetero) is 1. The van der Waals surface area contributed by atoms with E-state index in [1.807, 2.05) is 41.1 Å². The maximum Gasteiger partial charge on any atom is 0.416 e. The summed E-state index contributed by atoms with van der Waals surface area (Å²) in [5, 5.41) is 0. The third kappa shape index (κ3) is 13.8. The second-order valence-electron chi connectivity index (χ2n) is 16.2. The molecule has 1 heterocycles. The summed E-state index contributed by atoms with van der Waals surface area (Å²) in [5.41, 5.74) is -28.5. The van der Waals surface area contributed by atoms with Crippen LogP contribution in [-0.4, -0.2) is 16.9 Å². The van der Waals surface area contributed by atoms with Crippen molar-refractivity contribution in [2.75, 3.05) is 0 Å².